The fourth-order valence-electron chi connectivity index (χ4n) is 4.77. The van der Waals surface area contributed by atoms with E-state index in [1.54, 1.807) is 0 Å². The van der Waals surface area contributed by atoms with Gasteiger partial charge in [-0.2, -0.15) is 11.8 Å². The van der Waals surface area contributed by atoms with Gasteiger partial charge in [0.1, 0.15) is 5.58 Å². The second kappa shape index (κ2) is 13.9. The predicted molar refractivity (Wildman–Crippen MR) is 161 cm³/mol. The monoisotopic (exact) mass is 526 g/mol. The molecule has 0 aliphatic carbocycles. The zero-order chi connectivity index (χ0) is 25.3. The van der Waals surface area contributed by atoms with Gasteiger partial charge in [-0.05, 0) is 67.1 Å². The summed E-state index contributed by atoms with van der Waals surface area (Å²) in [5.74, 6) is 2.54. The molecule has 4 heteroatoms. The molecule has 0 saturated carbocycles. The molecule has 2 unspecified atom stereocenters. The Balaban J connectivity index is 1.47. The first-order valence-corrected chi connectivity index (χ1v) is 15.5. The third kappa shape index (κ3) is 8.68. The molecular formula is C31H42OS3. The van der Waals surface area contributed by atoms with Gasteiger partial charge in [-0.15, -0.1) is 11.8 Å². The Hall–Kier alpha value is -1.23. The van der Waals surface area contributed by atoms with Crippen LogP contribution in [-0.2, 0) is 0 Å². The van der Waals surface area contributed by atoms with Crippen LogP contribution in [0.3, 0.4) is 0 Å². The van der Waals surface area contributed by atoms with Gasteiger partial charge in [0.15, 0.2) is 4.71 Å². The van der Waals surface area contributed by atoms with Crippen LogP contribution in [0.5, 0.6) is 0 Å². The standard InChI is InChI=1S/C31H42OS3/c1-6-25(35-29-22-30(33)32-28-19-13-12-18-26(28)29)17-11-8-14-20-34-31(4,5)27(21-23(2)3)24-15-9-7-10-16-24/h7,9-10,12-13,15-16,18-19,22-23,25,27H,6,8,11,14,17,20-21H2,1-5H3. The molecule has 190 valence electrons. The number of fused-ring (bicyclic) bond motifs is 1. The summed E-state index contributed by atoms with van der Waals surface area (Å²) in [4.78, 5) is 1.26. The molecule has 1 nitrogen and oxygen atoms in total. The number of unbranched alkanes of at least 4 members (excludes halogenated alkanes) is 2. The molecule has 0 aliphatic heterocycles. The Morgan fingerprint density at radius 2 is 1.66 bits per heavy atom. The number of thioether (sulfide) groups is 2. The van der Waals surface area contributed by atoms with Crippen molar-refractivity contribution in [2.24, 2.45) is 5.92 Å². The molecule has 0 fully saturated rings. The van der Waals surface area contributed by atoms with Crippen LogP contribution in [0.25, 0.3) is 11.0 Å². The molecule has 1 heterocycles. The van der Waals surface area contributed by atoms with Crippen LogP contribution < -0.4 is 0 Å². The van der Waals surface area contributed by atoms with E-state index in [0.29, 0.717) is 21.8 Å². The number of hydrogen-bond acceptors (Lipinski definition) is 4. The van der Waals surface area contributed by atoms with Gasteiger partial charge in [0, 0.05) is 26.3 Å². The molecule has 35 heavy (non-hydrogen) atoms. The first-order valence-electron chi connectivity index (χ1n) is 13.2. The van der Waals surface area contributed by atoms with Crippen LogP contribution in [0.15, 0.2) is 70.0 Å². The van der Waals surface area contributed by atoms with Crippen molar-refractivity contribution < 1.29 is 4.42 Å². The minimum atomic E-state index is 0.245. The van der Waals surface area contributed by atoms with Crippen LogP contribution in [0, 0.1) is 10.6 Å². The van der Waals surface area contributed by atoms with Gasteiger partial charge in [-0.3, -0.25) is 0 Å². The molecule has 2 atom stereocenters. The van der Waals surface area contributed by atoms with Crippen molar-refractivity contribution >= 4 is 46.7 Å². The minimum absolute atomic E-state index is 0.245. The Labute approximate surface area is 226 Å². The normalized spacial score (nSPS) is 13.9. The summed E-state index contributed by atoms with van der Waals surface area (Å²) >= 11 is 9.51. The molecule has 0 spiro atoms. The SMILES string of the molecule is CCC(CCCCCSC(C)(C)C(CC(C)C)c1ccccc1)Sc1cc(=S)oc2ccccc12. The third-order valence-corrected chi connectivity index (χ3v) is 9.97. The minimum Gasteiger partial charge on any atom is -0.445 e. The predicted octanol–water partition coefficient (Wildman–Crippen LogP) is 10.9. The molecule has 2 aromatic carbocycles. The van der Waals surface area contributed by atoms with E-state index in [1.165, 1.54) is 60.1 Å². The van der Waals surface area contributed by atoms with Crippen LogP contribution in [0.1, 0.15) is 84.6 Å². The van der Waals surface area contributed by atoms with Gasteiger partial charge in [0.05, 0.1) is 0 Å². The highest BCUT2D eigenvalue weighted by atomic mass is 32.2. The van der Waals surface area contributed by atoms with Crippen LogP contribution >= 0.6 is 35.7 Å². The molecule has 0 saturated heterocycles. The number of benzene rings is 2. The van der Waals surface area contributed by atoms with Crippen molar-refractivity contribution in [1.29, 1.82) is 0 Å². The Morgan fingerprint density at radius 3 is 2.37 bits per heavy atom. The third-order valence-electron chi connectivity index (χ3n) is 6.75. The fraction of sp³-hybridized carbons (Fsp3) is 0.516. The van der Waals surface area contributed by atoms with Gasteiger partial charge < -0.3 is 4.42 Å². The highest BCUT2D eigenvalue weighted by Crippen LogP contribution is 2.43. The van der Waals surface area contributed by atoms with E-state index in [1.807, 2.05) is 30.0 Å². The molecule has 3 aromatic rings. The van der Waals surface area contributed by atoms with Crippen molar-refractivity contribution in [3.63, 3.8) is 0 Å². The average Bonchev–Trinajstić information content (AvgIpc) is 2.84. The second-order valence-corrected chi connectivity index (χ2v) is 14.0. The molecule has 1 aromatic heterocycles. The molecule has 0 N–H and O–H groups in total. The van der Waals surface area contributed by atoms with Crippen LogP contribution in [-0.4, -0.2) is 15.7 Å². The van der Waals surface area contributed by atoms with E-state index < -0.39 is 0 Å². The highest BCUT2D eigenvalue weighted by Gasteiger charge is 2.31. The lowest BCUT2D eigenvalue weighted by atomic mass is 9.81. The van der Waals surface area contributed by atoms with Gasteiger partial charge in [0.25, 0.3) is 0 Å². The Morgan fingerprint density at radius 1 is 0.943 bits per heavy atom. The zero-order valence-corrected chi connectivity index (χ0v) is 24.5. The van der Waals surface area contributed by atoms with E-state index in [4.69, 9.17) is 16.6 Å². The van der Waals surface area contributed by atoms with Crippen molar-refractivity contribution in [3.8, 4) is 0 Å². The molecule has 3 rings (SSSR count). The maximum atomic E-state index is 5.74. The summed E-state index contributed by atoms with van der Waals surface area (Å²) in [5.41, 5.74) is 2.38. The topological polar surface area (TPSA) is 13.1 Å². The van der Waals surface area contributed by atoms with Crippen molar-refractivity contribution in [2.45, 2.75) is 94.0 Å². The highest BCUT2D eigenvalue weighted by molar-refractivity contribution is 8.00. The molecular weight excluding hydrogens is 485 g/mol. The first kappa shape index (κ1) is 28.3. The average molecular weight is 527 g/mol. The zero-order valence-electron chi connectivity index (χ0n) is 22.1. The van der Waals surface area contributed by atoms with Gasteiger partial charge in [-0.1, -0.05) is 96.0 Å². The lowest BCUT2D eigenvalue weighted by Gasteiger charge is -2.35. The lowest BCUT2D eigenvalue weighted by Crippen LogP contribution is -2.27. The van der Waals surface area contributed by atoms with E-state index in [9.17, 15) is 0 Å². The van der Waals surface area contributed by atoms with Gasteiger partial charge in [0.2, 0.25) is 0 Å². The summed E-state index contributed by atoms with van der Waals surface area (Å²) in [7, 11) is 0. The molecule has 0 bridgehead atoms. The molecule has 0 amide bonds. The van der Waals surface area contributed by atoms with E-state index in [2.05, 4.69) is 88.8 Å². The van der Waals surface area contributed by atoms with Gasteiger partial charge >= 0.3 is 0 Å². The summed E-state index contributed by atoms with van der Waals surface area (Å²) in [6.07, 6.45) is 7.55. The summed E-state index contributed by atoms with van der Waals surface area (Å²) in [6, 6.07) is 21.4. The Bertz CT molecular complexity index is 1090. The number of hydrogen-bond donors (Lipinski definition) is 0. The first-order chi connectivity index (χ1) is 16.8. The summed E-state index contributed by atoms with van der Waals surface area (Å²) in [6.45, 7) is 11.9. The van der Waals surface area contributed by atoms with Crippen molar-refractivity contribution in [2.75, 3.05) is 5.75 Å². The number of para-hydroxylation sites is 1. The van der Waals surface area contributed by atoms with Crippen molar-refractivity contribution in [3.05, 3.63) is 70.9 Å². The van der Waals surface area contributed by atoms with Crippen LogP contribution in [0.2, 0.25) is 0 Å². The second-order valence-electron chi connectivity index (χ2n) is 10.5. The van der Waals surface area contributed by atoms with E-state index in [0.717, 1.165) is 5.58 Å². The summed E-state index contributed by atoms with van der Waals surface area (Å²) in [5, 5.41) is 1.80. The fourth-order valence-corrected chi connectivity index (χ4v) is 7.64. The van der Waals surface area contributed by atoms with Crippen molar-refractivity contribution in [1.82, 2.24) is 0 Å². The van der Waals surface area contributed by atoms with E-state index >= 15 is 0 Å². The quantitative estimate of drug-likeness (QED) is 0.118. The number of rotatable bonds is 14. The molecule has 0 radical (unpaired) electrons. The lowest BCUT2D eigenvalue weighted by molar-refractivity contribution is 0.435. The maximum absolute atomic E-state index is 5.74. The largest absolute Gasteiger partial charge is 0.445 e. The smallest absolute Gasteiger partial charge is 0.191 e. The Kier molecular flexibility index (Phi) is 11.3. The van der Waals surface area contributed by atoms with E-state index in [-0.39, 0.29) is 4.75 Å². The van der Waals surface area contributed by atoms with Gasteiger partial charge in [-0.25, -0.2) is 0 Å². The summed E-state index contributed by atoms with van der Waals surface area (Å²) < 4.78 is 6.56. The van der Waals surface area contributed by atoms with Crippen LogP contribution in [0.4, 0.5) is 0 Å². The molecule has 0 aliphatic rings. The maximum Gasteiger partial charge on any atom is 0.191 e.